The lowest BCUT2D eigenvalue weighted by molar-refractivity contribution is -0.211. The Labute approximate surface area is 205 Å². The van der Waals surface area contributed by atoms with Gasteiger partial charge >= 0.3 is 5.97 Å². The number of carboxylic acid groups (broad SMARTS) is 1. The summed E-state index contributed by atoms with van der Waals surface area (Å²) >= 11 is 0. The Morgan fingerprint density at radius 3 is 2.18 bits per heavy atom. The first kappa shape index (κ1) is 24.3. The predicted molar refractivity (Wildman–Crippen MR) is 132 cm³/mol. The molecular weight excluding hydrogens is 424 g/mol. The first-order valence-corrected chi connectivity index (χ1v) is 13.7. The van der Waals surface area contributed by atoms with Crippen molar-refractivity contribution in [3.63, 3.8) is 0 Å². The molecule has 5 rings (SSSR count). The van der Waals surface area contributed by atoms with Crippen LogP contribution in [0.4, 0.5) is 0 Å². The van der Waals surface area contributed by atoms with Crippen molar-refractivity contribution in [1.82, 2.24) is 0 Å². The van der Waals surface area contributed by atoms with Crippen molar-refractivity contribution in [1.29, 1.82) is 0 Å². The smallest absolute Gasteiger partial charge is 0.314 e. The van der Waals surface area contributed by atoms with E-state index in [4.69, 9.17) is 0 Å². The molecule has 34 heavy (non-hydrogen) atoms. The topological polar surface area (TPSA) is 71.4 Å². The van der Waals surface area contributed by atoms with E-state index >= 15 is 0 Å². The number of carbonyl (C=O) groups excluding carboxylic acids is 2. The van der Waals surface area contributed by atoms with E-state index in [0.29, 0.717) is 30.5 Å². The van der Waals surface area contributed by atoms with Gasteiger partial charge in [0, 0.05) is 18.3 Å². The molecule has 0 aromatic carbocycles. The maximum Gasteiger partial charge on any atom is 0.314 e. The second kappa shape index (κ2) is 7.07. The zero-order valence-electron chi connectivity index (χ0n) is 22.3. The summed E-state index contributed by atoms with van der Waals surface area (Å²) in [6.45, 7) is 15.9. The number of rotatable bonds is 2. The number of allylic oxidation sites excluding steroid dienone is 1. The van der Waals surface area contributed by atoms with Crippen LogP contribution in [-0.2, 0) is 14.4 Å². The maximum atomic E-state index is 13.2. The van der Waals surface area contributed by atoms with Crippen LogP contribution in [0.5, 0.6) is 0 Å². The molecule has 0 bridgehead atoms. The first-order chi connectivity index (χ1) is 15.7. The molecule has 0 amide bonds. The van der Waals surface area contributed by atoms with E-state index < -0.39 is 11.4 Å². The fourth-order valence-corrected chi connectivity index (χ4v) is 10.7. The lowest BCUT2D eigenvalue weighted by Crippen LogP contribution is -2.65. The average molecular weight is 469 g/mol. The van der Waals surface area contributed by atoms with Crippen molar-refractivity contribution >= 4 is 17.5 Å². The van der Waals surface area contributed by atoms with Gasteiger partial charge in [-0.05, 0) is 96.0 Å². The molecule has 4 saturated carbocycles. The minimum atomic E-state index is -0.982. The molecule has 0 saturated heterocycles. The molecule has 0 heterocycles. The molecule has 0 radical (unpaired) electrons. The third kappa shape index (κ3) is 2.64. The normalized spacial score (nSPS) is 47.7. The minimum absolute atomic E-state index is 0.0193. The van der Waals surface area contributed by atoms with Crippen LogP contribution in [-0.4, -0.2) is 22.6 Å². The van der Waals surface area contributed by atoms with Crippen LogP contribution in [0.25, 0.3) is 0 Å². The van der Waals surface area contributed by atoms with E-state index in [1.165, 1.54) is 0 Å². The number of carboxylic acids is 1. The summed E-state index contributed by atoms with van der Waals surface area (Å²) in [6.07, 6.45) is 7.51. The molecule has 4 heteroatoms. The average Bonchev–Trinajstić information content (AvgIpc) is 3.05. The highest BCUT2D eigenvalue weighted by Crippen LogP contribution is 2.76. The maximum absolute atomic E-state index is 13.2. The van der Waals surface area contributed by atoms with Crippen LogP contribution in [0, 0.1) is 50.7 Å². The Bertz CT molecular complexity index is 1000. The molecule has 5 aliphatic rings. The summed E-state index contributed by atoms with van der Waals surface area (Å²) in [4.78, 5) is 38.9. The number of hydrogen-bond acceptors (Lipinski definition) is 3. The zero-order chi connectivity index (χ0) is 25.1. The molecule has 5 aliphatic carbocycles. The van der Waals surface area contributed by atoms with Gasteiger partial charge in [-0.15, -0.1) is 0 Å². The molecule has 188 valence electrons. The van der Waals surface area contributed by atoms with E-state index in [1.54, 1.807) is 0 Å². The number of hydrogen-bond donors (Lipinski definition) is 1. The number of fused-ring (bicyclic) bond motifs is 7. The SMILES string of the molecule is CC(C)C1=C2[C@H]3CC[C@@H]4[C@@]5(C)CCC(=O)C(C)(C)[C@@H]5CC[C@@]4(C)[C@]3(C)CC[C@@]2(C(=O)O)CC1=O. The number of Topliss-reactive ketones (excluding diaryl/α,β-unsaturated/α-hetero) is 2. The van der Waals surface area contributed by atoms with Crippen molar-refractivity contribution in [3.05, 3.63) is 11.1 Å². The summed E-state index contributed by atoms with van der Waals surface area (Å²) in [6, 6.07) is 0. The second-order valence-electron chi connectivity index (χ2n) is 14.2. The van der Waals surface area contributed by atoms with E-state index in [2.05, 4.69) is 48.5 Å². The highest BCUT2D eigenvalue weighted by molar-refractivity contribution is 6.05. The Morgan fingerprint density at radius 2 is 1.56 bits per heavy atom. The van der Waals surface area contributed by atoms with Crippen LogP contribution in [0.1, 0.15) is 106 Å². The zero-order valence-corrected chi connectivity index (χ0v) is 22.3. The molecule has 1 N–H and O–H groups in total. The highest BCUT2D eigenvalue weighted by Gasteiger charge is 2.70. The van der Waals surface area contributed by atoms with Gasteiger partial charge in [-0.2, -0.15) is 0 Å². The largest absolute Gasteiger partial charge is 0.481 e. The van der Waals surface area contributed by atoms with Crippen LogP contribution in [0.3, 0.4) is 0 Å². The quantitative estimate of drug-likeness (QED) is 0.494. The summed E-state index contributed by atoms with van der Waals surface area (Å²) in [5, 5.41) is 10.4. The van der Waals surface area contributed by atoms with Crippen molar-refractivity contribution in [2.45, 2.75) is 106 Å². The van der Waals surface area contributed by atoms with Crippen molar-refractivity contribution < 1.29 is 19.5 Å². The van der Waals surface area contributed by atoms with E-state index in [9.17, 15) is 19.5 Å². The monoisotopic (exact) mass is 468 g/mol. The number of aliphatic carboxylic acids is 1. The van der Waals surface area contributed by atoms with Gasteiger partial charge < -0.3 is 5.11 Å². The summed E-state index contributed by atoms with van der Waals surface area (Å²) in [5.74, 6) is 0.898. The molecule has 0 aromatic heterocycles. The molecule has 4 fully saturated rings. The third-order valence-electron chi connectivity index (χ3n) is 12.6. The van der Waals surface area contributed by atoms with Crippen molar-refractivity contribution in [2.75, 3.05) is 0 Å². The molecular formula is C30H44O4. The molecule has 0 spiro atoms. The van der Waals surface area contributed by atoms with Gasteiger partial charge in [-0.3, -0.25) is 14.4 Å². The van der Waals surface area contributed by atoms with Crippen LogP contribution in [0.2, 0.25) is 0 Å². The summed E-state index contributed by atoms with van der Waals surface area (Å²) in [5.41, 5.74) is 0.814. The summed E-state index contributed by atoms with van der Waals surface area (Å²) < 4.78 is 0. The fourth-order valence-electron chi connectivity index (χ4n) is 10.7. The van der Waals surface area contributed by atoms with Crippen LogP contribution in [0.15, 0.2) is 11.1 Å². The van der Waals surface area contributed by atoms with Crippen molar-refractivity contribution in [2.24, 2.45) is 50.7 Å². The first-order valence-electron chi connectivity index (χ1n) is 13.7. The molecule has 4 nitrogen and oxygen atoms in total. The van der Waals surface area contributed by atoms with Gasteiger partial charge in [0.25, 0.3) is 0 Å². The Kier molecular flexibility index (Phi) is 5.04. The lowest BCUT2D eigenvalue weighted by atomic mass is 9.33. The highest BCUT2D eigenvalue weighted by atomic mass is 16.4. The number of ketones is 2. The predicted octanol–water partition coefficient (Wildman–Crippen LogP) is 6.62. The second-order valence-corrected chi connectivity index (χ2v) is 14.2. The molecule has 0 aromatic rings. The standard InChI is InChI=1S/C30H44O4/c1-17(2)23-19(31)16-30(25(33)34)15-14-28(6)18(24(23)30)8-9-21-27(5)12-11-22(32)26(3,4)20(27)10-13-29(21,28)7/h17-18,20-21H,8-16H2,1-7H3,(H,33,34)/t18-,20+,21-,27+,28-,29-,30-/m1/s1. The van der Waals surface area contributed by atoms with Gasteiger partial charge in [0.1, 0.15) is 5.78 Å². The van der Waals surface area contributed by atoms with Crippen LogP contribution >= 0.6 is 0 Å². The third-order valence-corrected chi connectivity index (χ3v) is 12.6. The van der Waals surface area contributed by atoms with Crippen molar-refractivity contribution in [3.8, 4) is 0 Å². The van der Waals surface area contributed by atoms with Crippen LogP contribution < -0.4 is 0 Å². The van der Waals surface area contributed by atoms with E-state index in [-0.39, 0.29) is 45.7 Å². The lowest BCUT2D eigenvalue weighted by Gasteiger charge is -2.71. The minimum Gasteiger partial charge on any atom is -0.481 e. The Hall–Kier alpha value is -1.45. The molecule has 7 atom stereocenters. The van der Waals surface area contributed by atoms with Gasteiger partial charge in [0.15, 0.2) is 5.78 Å². The number of carbonyl (C=O) groups is 3. The fraction of sp³-hybridized carbons (Fsp3) is 0.833. The van der Waals surface area contributed by atoms with Gasteiger partial charge in [0.05, 0.1) is 5.41 Å². The molecule has 0 aliphatic heterocycles. The van der Waals surface area contributed by atoms with Gasteiger partial charge in [-0.1, -0.05) is 48.5 Å². The molecule has 0 unspecified atom stereocenters. The van der Waals surface area contributed by atoms with E-state index in [0.717, 1.165) is 49.7 Å². The van der Waals surface area contributed by atoms with Gasteiger partial charge in [-0.25, -0.2) is 0 Å². The Morgan fingerprint density at radius 1 is 0.882 bits per heavy atom. The summed E-state index contributed by atoms with van der Waals surface area (Å²) in [7, 11) is 0. The Balaban J connectivity index is 1.63. The van der Waals surface area contributed by atoms with E-state index in [1.807, 2.05) is 0 Å². The van der Waals surface area contributed by atoms with Gasteiger partial charge in [0.2, 0.25) is 0 Å².